The number of amides is 1. The molecule has 2 heterocycles. The first-order chi connectivity index (χ1) is 12.2. The SMILES string of the molecule is CC(SC1=Nc2ccccc2CS1)C(=O)Nc1ccc2c(c1)OCO2. The Morgan fingerprint density at radius 1 is 1.24 bits per heavy atom. The minimum atomic E-state index is -0.248. The molecule has 128 valence electrons. The summed E-state index contributed by atoms with van der Waals surface area (Å²) in [6.45, 7) is 2.11. The first-order valence-corrected chi connectivity index (χ1v) is 9.72. The number of carbonyl (C=O) groups is 1. The normalized spacial score (nSPS) is 16.0. The topological polar surface area (TPSA) is 59.9 Å². The average Bonchev–Trinajstić information content (AvgIpc) is 3.09. The molecule has 2 aromatic rings. The van der Waals surface area contributed by atoms with E-state index in [0.29, 0.717) is 17.2 Å². The van der Waals surface area contributed by atoms with Crippen molar-refractivity contribution >= 4 is 45.2 Å². The van der Waals surface area contributed by atoms with Crippen LogP contribution in [0.4, 0.5) is 11.4 Å². The molecule has 5 nitrogen and oxygen atoms in total. The number of thioether (sulfide) groups is 2. The third kappa shape index (κ3) is 3.62. The molecule has 0 saturated heterocycles. The van der Waals surface area contributed by atoms with E-state index in [4.69, 9.17) is 9.47 Å². The molecule has 1 atom stereocenters. The van der Waals surface area contributed by atoms with Crippen molar-refractivity contribution in [2.45, 2.75) is 17.9 Å². The number of carbonyl (C=O) groups excluding carboxylic acids is 1. The number of nitrogens with zero attached hydrogens (tertiary/aromatic N) is 1. The maximum Gasteiger partial charge on any atom is 0.237 e. The van der Waals surface area contributed by atoms with E-state index in [1.807, 2.05) is 31.2 Å². The van der Waals surface area contributed by atoms with Gasteiger partial charge in [-0.05, 0) is 30.7 Å². The highest BCUT2D eigenvalue weighted by atomic mass is 32.2. The zero-order chi connectivity index (χ0) is 17.2. The van der Waals surface area contributed by atoms with Crippen molar-refractivity contribution in [3.05, 3.63) is 48.0 Å². The maximum atomic E-state index is 12.5. The largest absolute Gasteiger partial charge is 0.454 e. The third-order valence-electron chi connectivity index (χ3n) is 3.84. The summed E-state index contributed by atoms with van der Waals surface area (Å²) in [6.07, 6.45) is 0. The molecular formula is C18H16N2O3S2. The molecular weight excluding hydrogens is 356 g/mol. The number of para-hydroxylation sites is 1. The second-order valence-electron chi connectivity index (χ2n) is 5.61. The van der Waals surface area contributed by atoms with Gasteiger partial charge in [0, 0.05) is 17.5 Å². The molecule has 0 radical (unpaired) electrons. The predicted octanol–water partition coefficient (Wildman–Crippen LogP) is 4.41. The Morgan fingerprint density at radius 2 is 2.08 bits per heavy atom. The van der Waals surface area contributed by atoms with Crippen LogP contribution < -0.4 is 14.8 Å². The van der Waals surface area contributed by atoms with E-state index in [0.717, 1.165) is 15.8 Å². The lowest BCUT2D eigenvalue weighted by Crippen LogP contribution is -2.23. The molecule has 4 rings (SSSR count). The van der Waals surface area contributed by atoms with E-state index < -0.39 is 0 Å². The molecule has 0 aliphatic carbocycles. The van der Waals surface area contributed by atoms with Gasteiger partial charge in [0.2, 0.25) is 12.7 Å². The summed E-state index contributed by atoms with van der Waals surface area (Å²) in [4.78, 5) is 17.1. The number of fused-ring (bicyclic) bond motifs is 2. The Labute approximate surface area is 154 Å². The van der Waals surface area contributed by atoms with E-state index in [1.54, 1.807) is 23.9 Å². The summed E-state index contributed by atoms with van der Waals surface area (Å²) in [5.74, 6) is 2.18. The Bertz CT molecular complexity index is 854. The molecule has 0 saturated carbocycles. The minimum absolute atomic E-state index is 0.0639. The summed E-state index contributed by atoms with van der Waals surface area (Å²) >= 11 is 3.15. The standard InChI is InChI=1S/C18H16N2O3S2/c1-11(25-18-20-14-5-3-2-4-12(14)9-24-18)17(21)19-13-6-7-15-16(8-13)23-10-22-15/h2-8,11H,9-10H2,1H3,(H,19,21). The molecule has 0 aromatic heterocycles. The Balaban J connectivity index is 1.40. The summed E-state index contributed by atoms with van der Waals surface area (Å²) in [5.41, 5.74) is 2.92. The van der Waals surface area contributed by atoms with Crippen LogP contribution in [0.25, 0.3) is 0 Å². The van der Waals surface area contributed by atoms with E-state index in [-0.39, 0.29) is 18.0 Å². The summed E-state index contributed by atoms with van der Waals surface area (Å²) < 4.78 is 11.5. The Morgan fingerprint density at radius 3 is 3.00 bits per heavy atom. The van der Waals surface area contributed by atoms with Gasteiger partial charge in [0.25, 0.3) is 0 Å². The second kappa shape index (κ2) is 7.01. The van der Waals surface area contributed by atoms with Crippen molar-refractivity contribution in [1.29, 1.82) is 0 Å². The van der Waals surface area contributed by atoms with Crippen molar-refractivity contribution in [2.24, 2.45) is 4.99 Å². The van der Waals surface area contributed by atoms with Crippen LogP contribution in [0.1, 0.15) is 12.5 Å². The van der Waals surface area contributed by atoms with Crippen LogP contribution in [-0.4, -0.2) is 22.3 Å². The number of rotatable bonds is 3. The molecule has 7 heteroatoms. The van der Waals surface area contributed by atoms with E-state index in [9.17, 15) is 4.79 Å². The first-order valence-electron chi connectivity index (χ1n) is 7.85. The molecule has 1 unspecified atom stereocenters. The van der Waals surface area contributed by atoms with Crippen LogP contribution >= 0.6 is 23.5 Å². The highest BCUT2D eigenvalue weighted by Crippen LogP contribution is 2.37. The van der Waals surface area contributed by atoms with Crippen LogP contribution in [0.5, 0.6) is 11.5 Å². The zero-order valence-corrected chi connectivity index (χ0v) is 15.2. The molecule has 1 N–H and O–H groups in total. The number of aliphatic imine (C=N–C) groups is 1. The summed E-state index contributed by atoms with van der Waals surface area (Å²) in [5, 5.41) is 2.67. The number of benzene rings is 2. The first kappa shape index (κ1) is 16.4. The lowest BCUT2D eigenvalue weighted by atomic mass is 10.2. The van der Waals surface area contributed by atoms with Crippen molar-refractivity contribution in [3.8, 4) is 11.5 Å². The van der Waals surface area contributed by atoms with Crippen molar-refractivity contribution < 1.29 is 14.3 Å². The lowest BCUT2D eigenvalue weighted by molar-refractivity contribution is -0.115. The van der Waals surface area contributed by atoms with Gasteiger partial charge in [-0.15, -0.1) is 0 Å². The fraction of sp³-hybridized carbons (Fsp3) is 0.222. The number of anilines is 1. The highest BCUT2D eigenvalue weighted by Gasteiger charge is 2.21. The van der Waals surface area contributed by atoms with Gasteiger partial charge in [-0.2, -0.15) is 0 Å². The fourth-order valence-electron chi connectivity index (χ4n) is 2.50. The number of ether oxygens (including phenoxy) is 2. The summed E-state index contributed by atoms with van der Waals surface area (Å²) in [7, 11) is 0. The minimum Gasteiger partial charge on any atom is -0.454 e. The van der Waals surface area contributed by atoms with E-state index in [2.05, 4.69) is 16.4 Å². The van der Waals surface area contributed by atoms with Crippen molar-refractivity contribution in [2.75, 3.05) is 12.1 Å². The van der Waals surface area contributed by atoms with Gasteiger partial charge in [-0.3, -0.25) is 4.79 Å². The Hall–Kier alpha value is -2.12. The van der Waals surface area contributed by atoms with Crippen LogP contribution in [0.15, 0.2) is 47.5 Å². The smallest absolute Gasteiger partial charge is 0.237 e. The number of hydrogen-bond acceptors (Lipinski definition) is 6. The van der Waals surface area contributed by atoms with Crippen LogP contribution in [0, 0.1) is 0 Å². The molecule has 1 amide bonds. The molecule has 0 bridgehead atoms. The quantitative estimate of drug-likeness (QED) is 0.865. The second-order valence-corrected chi connectivity index (χ2v) is 8.16. The Kier molecular flexibility index (Phi) is 4.59. The number of nitrogens with one attached hydrogen (secondary N) is 1. The fourth-order valence-corrected chi connectivity index (χ4v) is 4.68. The highest BCUT2D eigenvalue weighted by molar-refractivity contribution is 8.39. The molecule has 2 aromatic carbocycles. The van der Waals surface area contributed by atoms with E-state index >= 15 is 0 Å². The molecule has 25 heavy (non-hydrogen) atoms. The van der Waals surface area contributed by atoms with Gasteiger partial charge in [0.15, 0.2) is 11.5 Å². The molecule has 2 aliphatic heterocycles. The number of hydrogen-bond donors (Lipinski definition) is 1. The van der Waals surface area contributed by atoms with Gasteiger partial charge >= 0.3 is 0 Å². The maximum absolute atomic E-state index is 12.5. The lowest BCUT2D eigenvalue weighted by Gasteiger charge is -2.17. The molecule has 2 aliphatic rings. The van der Waals surface area contributed by atoms with E-state index in [1.165, 1.54) is 17.3 Å². The van der Waals surface area contributed by atoms with Crippen molar-refractivity contribution in [1.82, 2.24) is 0 Å². The van der Waals surface area contributed by atoms with Gasteiger partial charge in [0.1, 0.15) is 4.38 Å². The van der Waals surface area contributed by atoms with Gasteiger partial charge < -0.3 is 14.8 Å². The predicted molar refractivity (Wildman–Crippen MR) is 103 cm³/mol. The average molecular weight is 372 g/mol. The van der Waals surface area contributed by atoms with Crippen LogP contribution in [-0.2, 0) is 10.5 Å². The summed E-state index contributed by atoms with van der Waals surface area (Å²) in [6, 6.07) is 13.5. The monoisotopic (exact) mass is 372 g/mol. The van der Waals surface area contributed by atoms with Gasteiger partial charge in [0.05, 0.1) is 10.9 Å². The van der Waals surface area contributed by atoms with Crippen molar-refractivity contribution in [3.63, 3.8) is 0 Å². The molecule has 0 fully saturated rings. The molecule has 0 spiro atoms. The third-order valence-corrected chi connectivity index (χ3v) is 6.14. The zero-order valence-electron chi connectivity index (χ0n) is 13.5. The van der Waals surface area contributed by atoms with Crippen LogP contribution in [0.2, 0.25) is 0 Å². The van der Waals surface area contributed by atoms with Gasteiger partial charge in [-0.1, -0.05) is 41.7 Å². The van der Waals surface area contributed by atoms with Gasteiger partial charge in [-0.25, -0.2) is 4.99 Å². The van der Waals surface area contributed by atoms with Crippen LogP contribution in [0.3, 0.4) is 0 Å².